The summed E-state index contributed by atoms with van der Waals surface area (Å²) in [4.78, 5) is 26.9. The number of benzene rings is 3. The molecule has 1 N–H and O–H groups in total. The van der Waals surface area contributed by atoms with Gasteiger partial charge in [0.1, 0.15) is 12.2 Å². The number of rotatable bonds is 10. The molecule has 2 amide bonds. The Labute approximate surface area is 221 Å². The Morgan fingerprint density at radius 2 is 1.78 bits per heavy atom. The first-order valence-corrected chi connectivity index (χ1v) is 12.4. The number of hydrogen-bond acceptors (Lipinski definition) is 5. The molecule has 3 aromatic carbocycles. The van der Waals surface area contributed by atoms with Crippen molar-refractivity contribution in [3.8, 4) is 11.5 Å². The quantitative estimate of drug-likeness (QED) is 0.171. The fourth-order valence-corrected chi connectivity index (χ4v) is 4.47. The van der Waals surface area contributed by atoms with Crippen molar-refractivity contribution < 1.29 is 19.1 Å². The summed E-state index contributed by atoms with van der Waals surface area (Å²) in [5.74, 6) is 0.102. The molecule has 188 valence electrons. The van der Waals surface area contributed by atoms with Crippen LogP contribution >= 0.6 is 12.2 Å². The van der Waals surface area contributed by atoms with Crippen LogP contribution in [0.25, 0.3) is 16.8 Å². The van der Waals surface area contributed by atoms with Crippen LogP contribution in [0.15, 0.2) is 85.5 Å². The molecule has 0 aliphatic carbocycles. The Kier molecular flexibility index (Phi) is 8.15. The van der Waals surface area contributed by atoms with E-state index in [9.17, 15) is 9.59 Å². The molecular weight excluding hydrogens is 484 g/mol. The second-order valence-electron chi connectivity index (χ2n) is 8.38. The third-order valence-corrected chi connectivity index (χ3v) is 6.20. The monoisotopic (exact) mass is 512 g/mol. The lowest BCUT2D eigenvalue weighted by atomic mass is 10.0. The van der Waals surface area contributed by atoms with Crippen LogP contribution in [0.4, 0.5) is 0 Å². The van der Waals surface area contributed by atoms with E-state index in [0.29, 0.717) is 36.7 Å². The molecule has 4 rings (SSSR count). The van der Waals surface area contributed by atoms with Gasteiger partial charge >= 0.3 is 0 Å². The molecule has 0 aromatic heterocycles. The van der Waals surface area contributed by atoms with Crippen LogP contribution < -0.4 is 14.8 Å². The summed E-state index contributed by atoms with van der Waals surface area (Å²) in [6, 6.07) is 17.9. The molecule has 1 heterocycles. The summed E-state index contributed by atoms with van der Waals surface area (Å²) in [6.07, 6.45) is 5.38. The number of allylic oxidation sites excluding steroid dienone is 1. The largest absolute Gasteiger partial charge is 0.490 e. The van der Waals surface area contributed by atoms with Crippen LogP contribution in [0.1, 0.15) is 23.6 Å². The van der Waals surface area contributed by atoms with Gasteiger partial charge in [-0.3, -0.25) is 19.8 Å². The van der Waals surface area contributed by atoms with E-state index in [-0.39, 0.29) is 17.2 Å². The number of carbonyl (C=O) groups excluding carboxylic acids is 2. The standard InChI is InChI=1S/C30H28N2O4S/c1-4-10-22-16-20(17-25-28(33)31-30(37)32(15-5-2)29(25)34)18-26(35-6-3)27(22)36-19-23-13-9-12-21-11-7-8-14-24(21)23/h4-5,7-9,11-14,16-18H,1-2,6,10,15,19H2,3H3,(H,31,33,37)/b25-17+. The maximum atomic E-state index is 13.0. The second kappa shape index (κ2) is 11.7. The number of carbonyl (C=O) groups is 2. The van der Waals surface area contributed by atoms with Gasteiger partial charge in [0, 0.05) is 12.1 Å². The molecule has 1 aliphatic rings. The van der Waals surface area contributed by atoms with Crippen molar-refractivity contribution in [3.63, 3.8) is 0 Å². The molecule has 1 fully saturated rings. The van der Waals surface area contributed by atoms with Crippen LogP contribution in [0.3, 0.4) is 0 Å². The van der Waals surface area contributed by atoms with Gasteiger partial charge < -0.3 is 9.47 Å². The van der Waals surface area contributed by atoms with Crippen LogP contribution in [-0.4, -0.2) is 35.0 Å². The third kappa shape index (κ3) is 5.62. The smallest absolute Gasteiger partial charge is 0.265 e. The molecule has 0 spiro atoms. The van der Waals surface area contributed by atoms with E-state index in [2.05, 4.69) is 36.7 Å². The van der Waals surface area contributed by atoms with Crippen molar-refractivity contribution in [1.82, 2.24) is 10.2 Å². The van der Waals surface area contributed by atoms with Gasteiger partial charge in [-0.1, -0.05) is 54.6 Å². The molecule has 0 unspecified atom stereocenters. The average molecular weight is 513 g/mol. The first kappa shape index (κ1) is 25.9. The predicted molar refractivity (Wildman–Crippen MR) is 150 cm³/mol. The van der Waals surface area contributed by atoms with E-state index < -0.39 is 11.8 Å². The highest BCUT2D eigenvalue weighted by molar-refractivity contribution is 7.80. The summed E-state index contributed by atoms with van der Waals surface area (Å²) >= 11 is 5.14. The Bertz CT molecular complexity index is 1420. The van der Waals surface area contributed by atoms with Crippen molar-refractivity contribution >= 4 is 46.0 Å². The molecule has 0 atom stereocenters. The van der Waals surface area contributed by atoms with Crippen LogP contribution in [-0.2, 0) is 22.6 Å². The average Bonchev–Trinajstić information content (AvgIpc) is 2.89. The summed E-state index contributed by atoms with van der Waals surface area (Å²) in [7, 11) is 0. The topological polar surface area (TPSA) is 67.9 Å². The summed E-state index contributed by atoms with van der Waals surface area (Å²) in [5.41, 5.74) is 2.49. The highest BCUT2D eigenvalue weighted by atomic mass is 32.1. The Morgan fingerprint density at radius 1 is 1.00 bits per heavy atom. The fourth-order valence-electron chi connectivity index (χ4n) is 4.22. The number of nitrogens with zero attached hydrogens (tertiary/aromatic N) is 1. The number of fused-ring (bicyclic) bond motifs is 1. The molecule has 0 saturated carbocycles. The van der Waals surface area contributed by atoms with E-state index in [1.165, 1.54) is 4.90 Å². The fraction of sp³-hybridized carbons (Fsp3) is 0.167. The molecule has 0 bridgehead atoms. The SMILES string of the molecule is C=CCc1cc(/C=C2\C(=O)NC(=S)N(CC=C)C2=O)cc(OCC)c1OCc1cccc2ccccc12. The van der Waals surface area contributed by atoms with Gasteiger partial charge in [-0.15, -0.1) is 13.2 Å². The number of thiocarbonyl (C=S) groups is 1. The van der Waals surface area contributed by atoms with Crippen molar-refractivity contribution in [2.45, 2.75) is 20.0 Å². The maximum absolute atomic E-state index is 13.0. The zero-order valence-corrected chi connectivity index (χ0v) is 21.5. The number of nitrogens with one attached hydrogen (secondary N) is 1. The summed E-state index contributed by atoms with van der Waals surface area (Å²) in [5, 5.41) is 4.89. The number of hydrogen-bond donors (Lipinski definition) is 1. The minimum atomic E-state index is -0.546. The molecule has 1 saturated heterocycles. The normalized spacial score (nSPS) is 14.6. The van der Waals surface area contributed by atoms with Gasteiger partial charge in [0.2, 0.25) is 0 Å². The van der Waals surface area contributed by atoms with Crippen molar-refractivity contribution in [2.24, 2.45) is 0 Å². The summed E-state index contributed by atoms with van der Waals surface area (Å²) < 4.78 is 12.3. The van der Waals surface area contributed by atoms with Crippen molar-refractivity contribution in [2.75, 3.05) is 13.2 Å². The lowest BCUT2D eigenvalue weighted by molar-refractivity contribution is -0.128. The minimum Gasteiger partial charge on any atom is -0.490 e. The van der Waals surface area contributed by atoms with Crippen LogP contribution in [0.2, 0.25) is 0 Å². The van der Waals surface area contributed by atoms with E-state index in [0.717, 1.165) is 21.9 Å². The molecule has 0 radical (unpaired) electrons. The first-order chi connectivity index (χ1) is 18.0. The molecule has 37 heavy (non-hydrogen) atoms. The lowest BCUT2D eigenvalue weighted by Gasteiger charge is -2.27. The molecular formula is C30H28N2O4S. The first-order valence-electron chi connectivity index (χ1n) is 12.0. The Morgan fingerprint density at radius 3 is 2.54 bits per heavy atom. The van der Waals surface area contributed by atoms with Crippen LogP contribution in [0.5, 0.6) is 11.5 Å². The second-order valence-corrected chi connectivity index (χ2v) is 8.77. The zero-order valence-electron chi connectivity index (χ0n) is 20.7. The molecule has 7 heteroatoms. The summed E-state index contributed by atoms with van der Waals surface area (Å²) in [6.45, 7) is 10.4. The number of amides is 2. The van der Waals surface area contributed by atoms with E-state index in [4.69, 9.17) is 21.7 Å². The maximum Gasteiger partial charge on any atom is 0.265 e. The predicted octanol–water partition coefficient (Wildman–Crippen LogP) is 5.36. The van der Waals surface area contributed by atoms with E-state index in [1.807, 2.05) is 37.3 Å². The highest BCUT2D eigenvalue weighted by Gasteiger charge is 2.32. The van der Waals surface area contributed by atoms with Crippen LogP contribution in [0, 0.1) is 0 Å². The minimum absolute atomic E-state index is 0.0214. The van der Waals surface area contributed by atoms with Crippen molar-refractivity contribution in [3.05, 3.63) is 102 Å². The lowest BCUT2D eigenvalue weighted by Crippen LogP contribution is -2.53. The Hall–Kier alpha value is -4.23. The highest BCUT2D eigenvalue weighted by Crippen LogP contribution is 2.36. The van der Waals surface area contributed by atoms with Gasteiger partial charge in [-0.2, -0.15) is 0 Å². The zero-order chi connectivity index (χ0) is 26.4. The van der Waals surface area contributed by atoms with Gasteiger partial charge in [-0.25, -0.2) is 0 Å². The van der Waals surface area contributed by atoms with E-state index >= 15 is 0 Å². The Balaban J connectivity index is 1.72. The van der Waals surface area contributed by atoms with Gasteiger partial charge in [0.05, 0.1) is 6.61 Å². The molecule has 1 aliphatic heterocycles. The number of ether oxygens (including phenoxy) is 2. The van der Waals surface area contributed by atoms with Gasteiger partial charge in [0.25, 0.3) is 11.8 Å². The van der Waals surface area contributed by atoms with E-state index in [1.54, 1.807) is 24.3 Å². The third-order valence-electron chi connectivity index (χ3n) is 5.88. The van der Waals surface area contributed by atoms with Gasteiger partial charge in [0.15, 0.2) is 16.6 Å². The van der Waals surface area contributed by atoms with Crippen molar-refractivity contribution in [1.29, 1.82) is 0 Å². The van der Waals surface area contributed by atoms with Gasteiger partial charge in [-0.05, 0) is 65.7 Å². The molecule has 6 nitrogen and oxygen atoms in total. The molecule has 3 aromatic rings.